The zero-order valence-electron chi connectivity index (χ0n) is 14.5. The number of carbonyl (C=O) groups is 1. The average molecular weight is 404 g/mol. The Bertz CT molecular complexity index is 1130. The number of hydrogen-bond donors (Lipinski definition) is 2. The van der Waals surface area contributed by atoms with Crippen LogP contribution in [0.15, 0.2) is 42.5 Å². The van der Waals surface area contributed by atoms with Crippen molar-refractivity contribution in [2.45, 2.75) is 19.2 Å². The van der Waals surface area contributed by atoms with Crippen LogP contribution >= 0.6 is 11.3 Å². The molecule has 0 amide bonds. The molecule has 10 heteroatoms. The van der Waals surface area contributed by atoms with E-state index < -0.39 is 21.4 Å². The maximum absolute atomic E-state index is 12.9. The van der Waals surface area contributed by atoms with Crippen molar-refractivity contribution in [2.24, 2.45) is 0 Å². The molecule has 0 spiro atoms. The number of hydrazine groups is 1. The van der Waals surface area contributed by atoms with Gasteiger partial charge < -0.3 is 4.84 Å². The van der Waals surface area contributed by atoms with Crippen LogP contribution in [0.1, 0.15) is 11.1 Å². The van der Waals surface area contributed by atoms with Crippen LogP contribution in [0.4, 0.5) is 10.8 Å². The molecular formula is C17H16N4O4S2. The van der Waals surface area contributed by atoms with Gasteiger partial charge in [-0.2, -0.15) is 0 Å². The summed E-state index contributed by atoms with van der Waals surface area (Å²) >= 11 is 1.20. The predicted octanol–water partition coefficient (Wildman–Crippen LogP) is 2.46. The van der Waals surface area contributed by atoms with Crippen molar-refractivity contribution in [1.29, 1.82) is 0 Å². The number of hydrogen-bond acceptors (Lipinski definition) is 8. The number of aromatic nitrogens is 1. The third-order valence-corrected chi connectivity index (χ3v) is 6.59. The van der Waals surface area contributed by atoms with E-state index in [2.05, 4.69) is 15.3 Å². The molecule has 8 nitrogen and oxygen atoms in total. The van der Waals surface area contributed by atoms with Crippen LogP contribution in [0, 0.1) is 13.8 Å². The van der Waals surface area contributed by atoms with Gasteiger partial charge in [0.1, 0.15) is 0 Å². The van der Waals surface area contributed by atoms with Crippen LogP contribution in [-0.2, 0) is 19.7 Å². The summed E-state index contributed by atoms with van der Waals surface area (Å²) in [5, 5.41) is -0.213. The minimum atomic E-state index is -4.14. The van der Waals surface area contributed by atoms with Gasteiger partial charge in [-0.3, -0.25) is 4.72 Å². The first-order chi connectivity index (χ1) is 12.8. The predicted molar refractivity (Wildman–Crippen MR) is 104 cm³/mol. The highest BCUT2D eigenvalue weighted by molar-refractivity contribution is 7.94. The Morgan fingerprint density at radius 3 is 2.59 bits per heavy atom. The lowest BCUT2D eigenvalue weighted by Crippen LogP contribution is -2.46. The van der Waals surface area contributed by atoms with Crippen molar-refractivity contribution < 1.29 is 18.0 Å². The summed E-state index contributed by atoms with van der Waals surface area (Å²) < 4.78 is 29.0. The van der Waals surface area contributed by atoms with Gasteiger partial charge in [-0.05, 0) is 43.7 Å². The number of anilines is 2. The molecule has 1 aliphatic rings. The molecule has 0 saturated carbocycles. The van der Waals surface area contributed by atoms with Gasteiger partial charge in [0.05, 0.1) is 15.9 Å². The number of nitrogens with one attached hydrogen (secondary N) is 2. The van der Waals surface area contributed by atoms with Gasteiger partial charge in [0.2, 0.25) is 0 Å². The first-order valence-electron chi connectivity index (χ1n) is 8.04. The highest BCUT2D eigenvalue weighted by Gasteiger charge is 2.46. The van der Waals surface area contributed by atoms with E-state index in [0.717, 1.165) is 15.8 Å². The maximum atomic E-state index is 12.9. The molecule has 0 bridgehead atoms. The molecule has 1 aromatic heterocycles. The molecule has 1 aliphatic heterocycles. The standard InChI is InChI=1S/C17H16N4O4S2/c1-10-3-6-12(7-4-10)21-15(16(22)25-20-21)27(23,24)19-17-18-13-8-5-11(2)9-14(13)26-17/h3-9,15,20H,1-2H3,(H,18,19). The Morgan fingerprint density at radius 2 is 1.85 bits per heavy atom. The van der Waals surface area contributed by atoms with Crippen LogP contribution < -0.4 is 15.3 Å². The second-order valence-corrected chi connectivity index (χ2v) is 8.98. The second-order valence-electron chi connectivity index (χ2n) is 6.21. The minimum Gasteiger partial charge on any atom is -0.347 e. The molecule has 27 heavy (non-hydrogen) atoms. The molecule has 0 aliphatic carbocycles. The van der Waals surface area contributed by atoms with E-state index >= 15 is 0 Å². The quantitative estimate of drug-likeness (QED) is 0.689. The van der Waals surface area contributed by atoms with E-state index in [1.165, 1.54) is 16.3 Å². The summed E-state index contributed by atoms with van der Waals surface area (Å²) in [7, 11) is -4.14. The summed E-state index contributed by atoms with van der Waals surface area (Å²) in [6.45, 7) is 3.86. The molecule has 2 N–H and O–H groups in total. The molecule has 1 unspecified atom stereocenters. The van der Waals surface area contributed by atoms with Crippen LogP contribution in [0.25, 0.3) is 10.2 Å². The third kappa shape index (κ3) is 3.34. The van der Waals surface area contributed by atoms with Crippen molar-refractivity contribution in [3.05, 3.63) is 53.6 Å². The molecule has 140 valence electrons. The molecule has 0 radical (unpaired) electrons. The van der Waals surface area contributed by atoms with Gasteiger partial charge in [0.25, 0.3) is 15.4 Å². The number of carbonyl (C=O) groups excluding carboxylic acids is 1. The first-order valence-corrected chi connectivity index (χ1v) is 10.4. The van der Waals surface area contributed by atoms with Crippen LogP contribution in [-0.4, -0.2) is 24.7 Å². The van der Waals surface area contributed by atoms with Crippen molar-refractivity contribution in [2.75, 3.05) is 9.73 Å². The zero-order chi connectivity index (χ0) is 19.2. The molecule has 2 heterocycles. The van der Waals surface area contributed by atoms with Gasteiger partial charge in [0.15, 0.2) is 5.13 Å². The topological polar surface area (TPSA) is 101 Å². The largest absolute Gasteiger partial charge is 0.368 e. The van der Waals surface area contributed by atoms with Crippen molar-refractivity contribution in [1.82, 2.24) is 10.6 Å². The lowest BCUT2D eigenvalue weighted by molar-refractivity contribution is -0.142. The van der Waals surface area contributed by atoms with E-state index in [1.807, 2.05) is 44.2 Å². The number of thiazole rings is 1. The lowest BCUT2D eigenvalue weighted by Gasteiger charge is -2.21. The number of benzene rings is 2. The van der Waals surface area contributed by atoms with E-state index in [9.17, 15) is 13.2 Å². The Balaban J connectivity index is 1.65. The van der Waals surface area contributed by atoms with E-state index in [0.29, 0.717) is 11.2 Å². The van der Waals surface area contributed by atoms with Crippen molar-refractivity contribution >= 4 is 48.4 Å². The molecule has 3 aromatic rings. The van der Waals surface area contributed by atoms with Gasteiger partial charge in [0, 0.05) is 0 Å². The Hall–Kier alpha value is -2.69. The number of aryl methyl sites for hydroxylation is 2. The number of fused-ring (bicyclic) bond motifs is 1. The monoisotopic (exact) mass is 404 g/mol. The summed E-state index contributed by atoms with van der Waals surface area (Å²) in [5.74, 6) is -0.917. The molecule has 4 rings (SSSR count). The minimum absolute atomic E-state index is 0.194. The smallest absolute Gasteiger partial charge is 0.347 e. The van der Waals surface area contributed by atoms with Gasteiger partial charge in [-0.15, -0.1) is 0 Å². The zero-order valence-corrected chi connectivity index (χ0v) is 16.1. The van der Waals surface area contributed by atoms with Gasteiger partial charge >= 0.3 is 5.97 Å². The third-order valence-electron chi connectivity index (χ3n) is 4.06. The van der Waals surface area contributed by atoms with Crippen LogP contribution in [0.5, 0.6) is 0 Å². The fraction of sp³-hybridized carbons (Fsp3) is 0.176. The number of rotatable bonds is 4. The second kappa shape index (κ2) is 6.48. The molecule has 2 aromatic carbocycles. The van der Waals surface area contributed by atoms with E-state index in [-0.39, 0.29) is 5.13 Å². The molecule has 1 fully saturated rings. The molecular weight excluding hydrogens is 388 g/mol. The van der Waals surface area contributed by atoms with Crippen molar-refractivity contribution in [3.8, 4) is 0 Å². The summed E-state index contributed by atoms with van der Waals surface area (Å²) in [4.78, 5) is 21.2. The summed E-state index contributed by atoms with van der Waals surface area (Å²) in [6, 6.07) is 12.7. The fourth-order valence-electron chi connectivity index (χ4n) is 2.71. The molecule has 1 saturated heterocycles. The molecule has 1 atom stereocenters. The summed E-state index contributed by atoms with van der Waals surface area (Å²) in [5.41, 5.74) is 5.60. The van der Waals surface area contributed by atoms with Crippen molar-refractivity contribution in [3.63, 3.8) is 0 Å². The highest BCUT2D eigenvalue weighted by Crippen LogP contribution is 2.29. The Morgan fingerprint density at radius 1 is 1.15 bits per heavy atom. The van der Waals surface area contributed by atoms with Crippen LogP contribution in [0.2, 0.25) is 0 Å². The number of nitrogens with zero attached hydrogens (tertiary/aromatic N) is 2. The van der Waals surface area contributed by atoms with Crippen LogP contribution in [0.3, 0.4) is 0 Å². The summed E-state index contributed by atoms with van der Waals surface area (Å²) in [6.07, 6.45) is 0. The van der Waals surface area contributed by atoms with E-state index in [4.69, 9.17) is 4.84 Å². The Kier molecular flexibility index (Phi) is 4.25. The Labute approximate surface area is 159 Å². The van der Waals surface area contributed by atoms with E-state index in [1.54, 1.807) is 12.1 Å². The lowest BCUT2D eigenvalue weighted by atomic mass is 10.2. The first kappa shape index (κ1) is 17.7. The maximum Gasteiger partial charge on any atom is 0.368 e. The normalized spacial score (nSPS) is 17.3. The highest BCUT2D eigenvalue weighted by atomic mass is 32.2. The fourth-order valence-corrected chi connectivity index (χ4v) is 5.18. The average Bonchev–Trinajstić information content (AvgIpc) is 3.18. The SMILES string of the molecule is Cc1ccc(N2NOC(=O)C2S(=O)(=O)Nc2nc3ccc(C)cc3s2)cc1. The van der Waals surface area contributed by atoms with Gasteiger partial charge in [-0.1, -0.05) is 40.7 Å². The van der Waals surface area contributed by atoms with Gasteiger partial charge in [-0.25, -0.2) is 23.2 Å². The number of sulfonamides is 1.